The van der Waals surface area contributed by atoms with E-state index in [0.717, 1.165) is 68.6 Å². The maximum Gasteiger partial charge on any atom is 0.191 e. The van der Waals surface area contributed by atoms with Gasteiger partial charge in [0.25, 0.3) is 0 Å². The smallest absolute Gasteiger partial charge is 0.191 e. The van der Waals surface area contributed by atoms with E-state index in [1.54, 1.807) is 21.3 Å². The Morgan fingerprint density at radius 3 is 2.18 bits per heavy atom. The highest BCUT2D eigenvalue weighted by molar-refractivity contribution is 14.0. The number of guanidine groups is 1. The lowest BCUT2D eigenvalue weighted by molar-refractivity contribution is 0.144. The van der Waals surface area contributed by atoms with Crippen LogP contribution in [0.3, 0.4) is 0 Å². The summed E-state index contributed by atoms with van der Waals surface area (Å²) in [5.74, 6) is 3.04. The molecule has 0 aliphatic carbocycles. The second kappa shape index (κ2) is 16.5. The Labute approximate surface area is 186 Å². The molecule has 0 radical (unpaired) electrons. The third-order valence-electron chi connectivity index (χ3n) is 4.00. The first-order chi connectivity index (χ1) is 13.2. The van der Waals surface area contributed by atoms with E-state index >= 15 is 0 Å². The Bertz CT molecular complexity index is 545. The second-order valence-electron chi connectivity index (χ2n) is 5.85. The van der Waals surface area contributed by atoms with E-state index in [1.165, 1.54) is 0 Å². The summed E-state index contributed by atoms with van der Waals surface area (Å²) in [7, 11) is 4.93. The molecule has 0 aromatic heterocycles. The Hall–Kier alpha value is -1.42. The first kappa shape index (κ1) is 26.6. The van der Waals surface area contributed by atoms with Crippen molar-refractivity contribution in [3.63, 3.8) is 0 Å². The van der Waals surface area contributed by atoms with E-state index in [1.807, 2.05) is 19.1 Å². The van der Waals surface area contributed by atoms with Gasteiger partial charge >= 0.3 is 0 Å². The van der Waals surface area contributed by atoms with Crippen LogP contribution in [0.1, 0.15) is 32.3 Å². The molecule has 0 fully saturated rings. The number of aliphatic imine (C=N–C) groups is 1. The molecule has 1 aromatic carbocycles. The fourth-order valence-corrected chi connectivity index (χ4v) is 2.62. The third-order valence-corrected chi connectivity index (χ3v) is 4.00. The van der Waals surface area contributed by atoms with Crippen molar-refractivity contribution in [3.05, 3.63) is 17.7 Å². The number of unbranched alkanes of at least 4 members (excludes halogenated alkanes) is 1. The van der Waals surface area contributed by atoms with Gasteiger partial charge in [0, 0.05) is 50.5 Å². The quantitative estimate of drug-likeness (QED) is 0.184. The Balaban J connectivity index is 0.00000729. The third kappa shape index (κ3) is 9.68. The highest BCUT2D eigenvalue weighted by Crippen LogP contribution is 2.34. The molecule has 28 heavy (non-hydrogen) atoms. The van der Waals surface area contributed by atoms with Crippen LogP contribution in [0.15, 0.2) is 17.1 Å². The standard InChI is InChI=1S/C20H35N3O4.HI/c1-6-21-20(22-11-8-9-13-27-7-2)23-12-10-17-18(25-4)14-16(24-3)15-19(17)26-5;/h14-15H,6-13H2,1-5H3,(H2,21,22,23);1H. The lowest BCUT2D eigenvalue weighted by atomic mass is 10.1. The molecule has 0 saturated heterocycles. The topological polar surface area (TPSA) is 73.3 Å². The van der Waals surface area contributed by atoms with Crippen molar-refractivity contribution < 1.29 is 18.9 Å². The van der Waals surface area contributed by atoms with Crippen molar-refractivity contribution in [1.29, 1.82) is 0 Å². The van der Waals surface area contributed by atoms with Crippen molar-refractivity contribution in [2.24, 2.45) is 4.99 Å². The molecule has 0 saturated carbocycles. The normalized spacial score (nSPS) is 10.8. The number of nitrogens with one attached hydrogen (secondary N) is 2. The molecule has 8 heteroatoms. The van der Waals surface area contributed by atoms with Gasteiger partial charge in [-0.1, -0.05) is 0 Å². The summed E-state index contributed by atoms with van der Waals surface area (Å²) >= 11 is 0. The van der Waals surface area contributed by atoms with Crippen LogP contribution >= 0.6 is 24.0 Å². The fourth-order valence-electron chi connectivity index (χ4n) is 2.62. The van der Waals surface area contributed by atoms with Crippen LogP contribution in [0.4, 0.5) is 0 Å². The molecule has 0 unspecified atom stereocenters. The molecule has 0 bridgehead atoms. The molecular weight excluding hydrogens is 473 g/mol. The van der Waals surface area contributed by atoms with E-state index < -0.39 is 0 Å². The van der Waals surface area contributed by atoms with Crippen molar-refractivity contribution in [1.82, 2.24) is 10.6 Å². The Morgan fingerprint density at radius 1 is 0.964 bits per heavy atom. The number of methoxy groups -OCH3 is 3. The summed E-state index contributed by atoms with van der Waals surface area (Å²) in [4.78, 5) is 4.61. The number of nitrogens with zero attached hydrogens (tertiary/aromatic N) is 1. The summed E-state index contributed by atoms with van der Waals surface area (Å²) in [6, 6.07) is 3.74. The van der Waals surface area contributed by atoms with Gasteiger partial charge in [-0.3, -0.25) is 4.99 Å². The minimum absolute atomic E-state index is 0. The largest absolute Gasteiger partial charge is 0.496 e. The van der Waals surface area contributed by atoms with Gasteiger partial charge in [-0.05, 0) is 33.1 Å². The highest BCUT2D eigenvalue weighted by Gasteiger charge is 2.13. The Morgan fingerprint density at radius 2 is 1.64 bits per heavy atom. The van der Waals surface area contributed by atoms with Gasteiger partial charge in [0.15, 0.2) is 5.96 Å². The van der Waals surface area contributed by atoms with Crippen LogP contribution in [0.25, 0.3) is 0 Å². The summed E-state index contributed by atoms with van der Waals surface area (Å²) in [6.45, 7) is 7.94. The zero-order chi connectivity index (χ0) is 19.9. The van der Waals surface area contributed by atoms with Crippen molar-refractivity contribution in [3.8, 4) is 17.2 Å². The van der Waals surface area contributed by atoms with E-state index in [2.05, 4.69) is 22.5 Å². The van der Waals surface area contributed by atoms with Crippen molar-refractivity contribution >= 4 is 29.9 Å². The van der Waals surface area contributed by atoms with Crippen LogP contribution in [-0.4, -0.2) is 60.1 Å². The summed E-state index contributed by atoms with van der Waals surface area (Å²) in [5.41, 5.74) is 1.00. The first-order valence-corrected chi connectivity index (χ1v) is 9.58. The molecule has 1 rings (SSSR count). The van der Waals surface area contributed by atoms with Gasteiger partial charge in [0.1, 0.15) is 17.2 Å². The van der Waals surface area contributed by atoms with Crippen molar-refractivity contribution in [2.45, 2.75) is 33.1 Å². The molecule has 2 N–H and O–H groups in total. The Kier molecular flexibility index (Phi) is 15.7. The minimum atomic E-state index is 0. The number of ether oxygens (including phenoxy) is 4. The van der Waals surface area contributed by atoms with Crippen molar-refractivity contribution in [2.75, 3.05) is 54.2 Å². The zero-order valence-corrected chi connectivity index (χ0v) is 20.1. The number of benzene rings is 1. The molecule has 0 heterocycles. The minimum Gasteiger partial charge on any atom is -0.496 e. The summed E-state index contributed by atoms with van der Waals surface area (Å²) < 4.78 is 21.6. The summed E-state index contributed by atoms with van der Waals surface area (Å²) in [6.07, 6.45) is 2.78. The predicted molar refractivity (Wildman–Crippen MR) is 125 cm³/mol. The number of halogens is 1. The molecule has 7 nitrogen and oxygen atoms in total. The average molecular weight is 509 g/mol. The van der Waals surface area contributed by atoms with E-state index in [0.29, 0.717) is 12.3 Å². The SMILES string of the molecule is CCNC(=NCCCCOCC)NCCc1c(OC)cc(OC)cc1OC.I. The molecule has 0 aliphatic rings. The monoisotopic (exact) mass is 509 g/mol. The van der Waals surface area contributed by atoms with Crippen LogP contribution in [-0.2, 0) is 11.2 Å². The maximum absolute atomic E-state index is 5.50. The van der Waals surface area contributed by atoms with E-state index in [4.69, 9.17) is 18.9 Å². The number of rotatable bonds is 13. The molecular formula is C20H36IN3O4. The molecule has 0 spiro atoms. The van der Waals surface area contributed by atoms with Crippen LogP contribution in [0.2, 0.25) is 0 Å². The van der Waals surface area contributed by atoms with Gasteiger partial charge in [-0.25, -0.2) is 0 Å². The van der Waals surface area contributed by atoms with Gasteiger partial charge in [-0.2, -0.15) is 0 Å². The van der Waals surface area contributed by atoms with Crippen LogP contribution in [0.5, 0.6) is 17.2 Å². The van der Waals surface area contributed by atoms with Gasteiger partial charge < -0.3 is 29.6 Å². The molecule has 0 amide bonds. The maximum atomic E-state index is 5.50. The summed E-state index contributed by atoms with van der Waals surface area (Å²) in [5, 5.41) is 6.64. The van der Waals surface area contributed by atoms with E-state index in [9.17, 15) is 0 Å². The van der Waals surface area contributed by atoms with Gasteiger partial charge in [0.2, 0.25) is 0 Å². The van der Waals surface area contributed by atoms with Gasteiger partial charge in [0.05, 0.1) is 21.3 Å². The number of hydrogen-bond acceptors (Lipinski definition) is 5. The molecule has 0 atom stereocenters. The lowest BCUT2D eigenvalue weighted by Crippen LogP contribution is -2.38. The second-order valence-corrected chi connectivity index (χ2v) is 5.85. The van der Waals surface area contributed by atoms with E-state index in [-0.39, 0.29) is 24.0 Å². The fraction of sp³-hybridized carbons (Fsp3) is 0.650. The first-order valence-electron chi connectivity index (χ1n) is 9.58. The zero-order valence-electron chi connectivity index (χ0n) is 17.8. The average Bonchev–Trinajstić information content (AvgIpc) is 2.70. The highest BCUT2D eigenvalue weighted by atomic mass is 127. The predicted octanol–water partition coefficient (Wildman–Crippen LogP) is 3.24. The van der Waals surface area contributed by atoms with Crippen LogP contribution in [0, 0.1) is 0 Å². The van der Waals surface area contributed by atoms with Crippen LogP contribution < -0.4 is 24.8 Å². The van der Waals surface area contributed by atoms with Gasteiger partial charge in [-0.15, -0.1) is 24.0 Å². The molecule has 1 aromatic rings. The number of hydrogen-bond donors (Lipinski definition) is 2. The molecule has 162 valence electrons. The molecule has 0 aliphatic heterocycles. The lowest BCUT2D eigenvalue weighted by Gasteiger charge is -2.16.